The van der Waals surface area contributed by atoms with E-state index in [2.05, 4.69) is 5.32 Å². The van der Waals surface area contributed by atoms with Gasteiger partial charge in [-0.2, -0.15) is 5.26 Å². The number of urea groups is 1. The average molecular weight is 308 g/mol. The fourth-order valence-corrected chi connectivity index (χ4v) is 2.66. The molecule has 21 heavy (non-hydrogen) atoms. The number of carbonyl (C=O) groups is 2. The third-order valence-electron chi connectivity index (χ3n) is 3.67. The zero-order chi connectivity index (χ0) is 15.6. The standard InChI is InChI=1S/C14H14ClN3O3/c1-8-11(13(19)20)4-5-18(8)14(21)17-10-3-2-9(7-16)12(15)6-10/h2-3,6,8,11H,4-5H2,1H3,(H,17,21)(H,19,20). The molecular formula is C14H14ClN3O3. The Morgan fingerprint density at radius 3 is 2.76 bits per heavy atom. The van der Waals surface area contributed by atoms with Crippen molar-refractivity contribution in [3.05, 3.63) is 28.8 Å². The van der Waals surface area contributed by atoms with E-state index in [4.69, 9.17) is 22.0 Å². The summed E-state index contributed by atoms with van der Waals surface area (Å²) in [6, 6.07) is 5.80. The maximum absolute atomic E-state index is 12.2. The number of amides is 2. The third kappa shape index (κ3) is 3.09. The number of nitrogens with zero attached hydrogens (tertiary/aromatic N) is 2. The van der Waals surface area contributed by atoms with E-state index in [1.54, 1.807) is 13.0 Å². The van der Waals surface area contributed by atoms with Gasteiger partial charge < -0.3 is 15.3 Å². The van der Waals surface area contributed by atoms with Gasteiger partial charge in [0.25, 0.3) is 0 Å². The van der Waals surface area contributed by atoms with Gasteiger partial charge in [-0.15, -0.1) is 0 Å². The Balaban J connectivity index is 2.07. The lowest BCUT2D eigenvalue weighted by atomic mass is 10.0. The molecule has 0 saturated carbocycles. The zero-order valence-electron chi connectivity index (χ0n) is 11.3. The number of anilines is 1. The summed E-state index contributed by atoms with van der Waals surface area (Å²) in [5.41, 5.74) is 0.796. The quantitative estimate of drug-likeness (QED) is 0.878. The van der Waals surface area contributed by atoms with Crippen molar-refractivity contribution in [1.29, 1.82) is 5.26 Å². The minimum Gasteiger partial charge on any atom is -0.481 e. The molecule has 110 valence electrons. The second kappa shape index (κ2) is 6.02. The van der Waals surface area contributed by atoms with Crippen LogP contribution < -0.4 is 5.32 Å². The highest BCUT2D eigenvalue weighted by Gasteiger charge is 2.38. The van der Waals surface area contributed by atoms with Crippen LogP contribution in [-0.4, -0.2) is 34.6 Å². The van der Waals surface area contributed by atoms with E-state index in [0.29, 0.717) is 24.2 Å². The lowest BCUT2D eigenvalue weighted by molar-refractivity contribution is -0.142. The topological polar surface area (TPSA) is 93.4 Å². The Bertz CT molecular complexity index is 626. The molecule has 0 aromatic heterocycles. The Hall–Kier alpha value is -2.26. The second-order valence-corrected chi connectivity index (χ2v) is 5.31. The van der Waals surface area contributed by atoms with Crippen molar-refractivity contribution in [2.45, 2.75) is 19.4 Å². The Morgan fingerprint density at radius 1 is 1.52 bits per heavy atom. The number of halogens is 1. The minimum absolute atomic E-state index is 0.258. The molecular weight excluding hydrogens is 294 g/mol. The number of carboxylic acids is 1. The maximum Gasteiger partial charge on any atom is 0.322 e. The predicted molar refractivity (Wildman–Crippen MR) is 77.1 cm³/mol. The smallest absolute Gasteiger partial charge is 0.322 e. The number of hydrogen-bond donors (Lipinski definition) is 2. The van der Waals surface area contributed by atoms with Crippen molar-refractivity contribution in [2.24, 2.45) is 5.92 Å². The molecule has 1 fully saturated rings. The first-order valence-electron chi connectivity index (χ1n) is 6.44. The van der Waals surface area contributed by atoms with Crippen LogP contribution >= 0.6 is 11.6 Å². The van der Waals surface area contributed by atoms with Crippen molar-refractivity contribution >= 4 is 29.3 Å². The second-order valence-electron chi connectivity index (χ2n) is 4.90. The summed E-state index contributed by atoms with van der Waals surface area (Å²) in [5, 5.41) is 20.8. The SMILES string of the molecule is CC1C(C(=O)O)CCN1C(=O)Nc1ccc(C#N)c(Cl)c1. The van der Waals surface area contributed by atoms with Crippen LogP contribution in [0.1, 0.15) is 18.9 Å². The van der Waals surface area contributed by atoms with Crippen LogP contribution in [0.25, 0.3) is 0 Å². The lowest BCUT2D eigenvalue weighted by Crippen LogP contribution is -2.40. The van der Waals surface area contributed by atoms with Crippen LogP contribution in [0.15, 0.2) is 18.2 Å². The summed E-state index contributed by atoms with van der Waals surface area (Å²) < 4.78 is 0. The van der Waals surface area contributed by atoms with Crippen LogP contribution in [0.5, 0.6) is 0 Å². The minimum atomic E-state index is -0.890. The largest absolute Gasteiger partial charge is 0.481 e. The summed E-state index contributed by atoms with van der Waals surface area (Å²) in [4.78, 5) is 24.7. The molecule has 0 bridgehead atoms. The molecule has 1 aromatic carbocycles. The van der Waals surface area contributed by atoms with Gasteiger partial charge in [-0.25, -0.2) is 4.79 Å². The van der Waals surface area contributed by atoms with E-state index < -0.39 is 11.9 Å². The van der Waals surface area contributed by atoms with Crippen molar-refractivity contribution in [3.8, 4) is 6.07 Å². The fraction of sp³-hybridized carbons (Fsp3) is 0.357. The Morgan fingerprint density at radius 2 is 2.24 bits per heavy atom. The van der Waals surface area contributed by atoms with Gasteiger partial charge in [0, 0.05) is 18.3 Å². The molecule has 0 aliphatic carbocycles. The molecule has 6 nitrogen and oxygen atoms in total. The zero-order valence-corrected chi connectivity index (χ0v) is 12.1. The fourth-order valence-electron chi connectivity index (χ4n) is 2.44. The van der Waals surface area contributed by atoms with E-state index in [1.165, 1.54) is 17.0 Å². The van der Waals surface area contributed by atoms with Crippen LogP contribution in [0.4, 0.5) is 10.5 Å². The van der Waals surface area contributed by atoms with Gasteiger partial charge in [0.15, 0.2) is 0 Å². The van der Waals surface area contributed by atoms with Gasteiger partial charge in [-0.3, -0.25) is 4.79 Å². The van der Waals surface area contributed by atoms with Crippen LogP contribution in [-0.2, 0) is 4.79 Å². The number of benzene rings is 1. The highest BCUT2D eigenvalue weighted by molar-refractivity contribution is 6.32. The molecule has 2 atom stereocenters. The van der Waals surface area contributed by atoms with Gasteiger partial charge in [-0.05, 0) is 31.5 Å². The van der Waals surface area contributed by atoms with Gasteiger partial charge in [0.2, 0.25) is 0 Å². The number of rotatable bonds is 2. The number of likely N-dealkylation sites (tertiary alicyclic amines) is 1. The molecule has 0 radical (unpaired) electrons. The first-order valence-corrected chi connectivity index (χ1v) is 6.82. The summed E-state index contributed by atoms with van der Waals surface area (Å²) in [6.45, 7) is 2.12. The van der Waals surface area contributed by atoms with Crippen molar-refractivity contribution in [1.82, 2.24) is 4.90 Å². The molecule has 2 amide bonds. The van der Waals surface area contributed by atoms with Gasteiger partial charge in [0.05, 0.1) is 16.5 Å². The molecule has 0 spiro atoms. The molecule has 1 aromatic rings. The highest BCUT2D eigenvalue weighted by atomic mass is 35.5. The number of hydrogen-bond acceptors (Lipinski definition) is 3. The van der Waals surface area contributed by atoms with Gasteiger partial charge in [0.1, 0.15) is 6.07 Å². The average Bonchev–Trinajstić information content (AvgIpc) is 2.81. The van der Waals surface area contributed by atoms with Crippen molar-refractivity contribution < 1.29 is 14.7 Å². The number of carbonyl (C=O) groups excluding carboxylic acids is 1. The summed E-state index contributed by atoms with van der Waals surface area (Å²) >= 11 is 5.90. The lowest BCUT2D eigenvalue weighted by Gasteiger charge is -2.23. The number of nitriles is 1. The number of carboxylic acid groups (broad SMARTS) is 1. The molecule has 1 aliphatic rings. The molecule has 1 aliphatic heterocycles. The van der Waals surface area contributed by atoms with Crippen LogP contribution in [0.2, 0.25) is 5.02 Å². The predicted octanol–water partition coefficient (Wildman–Crippen LogP) is 2.54. The number of nitrogens with one attached hydrogen (secondary N) is 1. The Kier molecular flexibility index (Phi) is 4.34. The van der Waals surface area contributed by atoms with E-state index in [1.807, 2.05) is 6.07 Å². The van der Waals surface area contributed by atoms with Crippen LogP contribution in [0.3, 0.4) is 0 Å². The van der Waals surface area contributed by atoms with Crippen molar-refractivity contribution in [3.63, 3.8) is 0 Å². The third-order valence-corrected chi connectivity index (χ3v) is 3.99. The number of aliphatic carboxylic acids is 1. The molecule has 1 saturated heterocycles. The highest BCUT2D eigenvalue weighted by Crippen LogP contribution is 2.26. The monoisotopic (exact) mass is 307 g/mol. The molecule has 2 rings (SSSR count). The van der Waals surface area contributed by atoms with E-state index in [0.717, 1.165) is 0 Å². The first kappa shape index (κ1) is 15.1. The summed E-state index contributed by atoms with van der Waals surface area (Å²) in [5.74, 6) is -1.43. The molecule has 1 heterocycles. The van der Waals surface area contributed by atoms with Crippen LogP contribution in [0, 0.1) is 17.2 Å². The summed E-state index contributed by atoms with van der Waals surface area (Å²) in [7, 11) is 0. The van der Waals surface area contributed by atoms with Gasteiger partial charge in [-0.1, -0.05) is 11.6 Å². The first-order chi connectivity index (χ1) is 9.93. The Labute approximate surface area is 126 Å². The molecule has 2 N–H and O–H groups in total. The molecule has 2 unspecified atom stereocenters. The normalized spacial score (nSPS) is 20.9. The van der Waals surface area contributed by atoms with E-state index in [-0.39, 0.29) is 17.1 Å². The van der Waals surface area contributed by atoms with Gasteiger partial charge >= 0.3 is 12.0 Å². The summed E-state index contributed by atoms with van der Waals surface area (Å²) in [6.07, 6.45) is 0.443. The maximum atomic E-state index is 12.2. The van der Waals surface area contributed by atoms with E-state index >= 15 is 0 Å². The molecule has 7 heteroatoms. The van der Waals surface area contributed by atoms with Crippen molar-refractivity contribution in [2.75, 3.05) is 11.9 Å². The van der Waals surface area contributed by atoms with E-state index in [9.17, 15) is 9.59 Å².